The lowest BCUT2D eigenvalue weighted by atomic mass is 9.90. The molecule has 10 heteroatoms. The Hall–Kier alpha value is -2.72. The summed E-state index contributed by atoms with van der Waals surface area (Å²) < 4.78 is 32.7. The van der Waals surface area contributed by atoms with Gasteiger partial charge in [0, 0.05) is 6.54 Å². The summed E-state index contributed by atoms with van der Waals surface area (Å²) in [5.74, 6) is 1.63. The molecule has 1 saturated carbocycles. The lowest BCUT2D eigenvalue weighted by Crippen LogP contribution is -2.23. The number of aromatic nitrogens is 4. The fourth-order valence-corrected chi connectivity index (χ4v) is 4.73. The van der Waals surface area contributed by atoms with Gasteiger partial charge in [-0.15, -0.1) is 0 Å². The van der Waals surface area contributed by atoms with E-state index in [0.29, 0.717) is 42.2 Å². The van der Waals surface area contributed by atoms with Gasteiger partial charge in [0.1, 0.15) is 0 Å². The van der Waals surface area contributed by atoms with Crippen molar-refractivity contribution in [3.8, 4) is 5.88 Å². The van der Waals surface area contributed by atoms with Crippen molar-refractivity contribution >= 4 is 32.8 Å². The van der Waals surface area contributed by atoms with Crippen LogP contribution in [0.4, 0.5) is 11.6 Å². The van der Waals surface area contributed by atoms with Crippen molar-refractivity contribution < 1.29 is 18.1 Å². The van der Waals surface area contributed by atoms with Gasteiger partial charge in [-0.3, -0.25) is 0 Å². The molecule has 1 aliphatic rings. The molecule has 0 radical (unpaired) electrons. The fraction of sp³-hybridized carbons (Fsp3) is 0.450. The van der Waals surface area contributed by atoms with Crippen LogP contribution in [-0.2, 0) is 10.0 Å². The van der Waals surface area contributed by atoms with Crippen molar-refractivity contribution in [2.75, 3.05) is 18.5 Å². The summed E-state index contributed by atoms with van der Waals surface area (Å²) in [7, 11) is -3.48. The quantitative estimate of drug-likeness (QED) is 0.504. The lowest BCUT2D eigenvalue weighted by molar-refractivity contribution is -0.380. The number of rotatable bonds is 8. The van der Waals surface area contributed by atoms with E-state index >= 15 is 0 Å². The van der Waals surface area contributed by atoms with Gasteiger partial charge in [0.2, 0.25) is 10.0 Å². The lowest BCUT2D eigenvalue weighted by Gasteiger charge is -2.21. The number of ether oxygens (including phenoxy) is 1. The van der Waals surface area contributed by atoms with Crippen LogP contribution in [0, 0.1) is 5.92 Å². The topological polar surface area (TPSA) is 123 Å². The van der Waals surface area contributed by atoms with Crippen LogP contribution in [0.1, 0.15) is 39.0 Å². The third-order valence-corrected chi connectivity index (χ3v) is 6.81. The molecule has 9 nitrogen and oxygen atoms in total. The minimum atomic E-state index is -3.48. The van der Waals surface area contributed by atoms with Gasteiger partial charge in [0.05, 0.1) is 23.5 Å². The molecule has 1 fully saturated rings. The van der Waals surface area contributed by atoms with Crippen molar-refractivity contribution in [1.29, 1.82) is 0 Å². The summed E-state index contributed by atoms with van der Waals surface area (Å²) in [6, 6.07) is 6.48. The minimum absolute atomic E-state index is 0.214. The third kappa shape index (κ3) is 4.71. The highest BCUT2D eigenvalue weighted by Crippen LogP contribution is 2.25. The van der Waals surface area contributed by atoms with E-state index in [1.807, 2.05) is 0 Å². The Morgan fingerprint density at radius 3 is 2.70 bits per heavy atom. The maximum Gasteiger partial charge on any atom is 0.399 e. The molecule has 0 spiro atoms. The van der Waals surface area contributed by atoms with Gasteiger partial charge in [0.25, 0.3) is 11.5 Å². The minimum Gasteiger partial charge on any atom is -0.466 e. The number of fused-ring (bicyclic) bond motifs is 1. The average Bonchev–Trinajstić information content (AvgIpc) is 3.22. The van der Waals surface area contributed by atoms with Gasteiger partial charge in [-0.05, 0) is 48.0 Å². The monoisotopic (exact) mass is 431 g/mol. The van der Waals surface area contributed by atoms with Crippen molar-refractivity contribution in [3.63, 3.8) is 0 Å². The van der Waals surface area contributed by atoms with E-state index in [2.05, 4.69) is 30.0 Å². The molecule has 30 heavy (non-hydrogen) atoms. The largest absolute Gasteiger partial charge is 0.466 e. The van der Waals surface area contributed by atoms with Gasteiger partial charge in [-0.2, -0.15) is 0 Å². The number of benzene rings is 1. The molecular weight excluding hydrogens is 404 g/mol. The summed E-state index contributed by atoms with van der Waals surface area (Å²) in [5, 5.41) is 3.16. The number of sulfonamides is 1. The Balaban J connectivity index is 1.51. The number of hydrogen-bond donors (Lipinski definition) is 3. The van der Waals surface area contributed by atoms with Crippen LogP contribution in [0.2, 0.25) is 0 Å². The second kappa shape index (κ2) is 8.97. The summed E-state index contributed by atoms with van der Waals surface area (Å²) in [5.41, 5.74) is 1.96. The van der Waals surface area contributed by atoms with Crippen LogP contribution in [0.25, 0.3) is 11.2 Å². The molecule has 1 aliphatic carbocycles. The van der Waals surface area contributed by atoms with E-state index in [0.717, 1.165) is 5.52 Å². The molecular formula is C20H27N6O3S+. The van der Waals surface area contributed by atoms with Gasteiger partial charge in [-0.25, -0.2) is 28.4 Å². The molecule has 0 unspecified atom stereocenters. The first-order chi connectivity index (χ1) is 14.5. The van der Waals surface area contributed by atoms with E-state index in [9.17, 15) is 8.42 Å². The molecule has 2 aromatic heterocycles. The van der Waals surface area contributed by atoms with Crippen molar-refractivity contribution in [3.05, 3.63) is 30.6 Å². The van der Waals surface area contributed by atoms with E-state index < -0.39 is 10.0 Å². The Morgan fingerprint density at radius 1 is 1.20 bits per heavy atom. The van der Waals surface area contributed by atoms with Crippen LogP contribution in [0.5, 0.6) is 5.88 Å². The van der Waals surface area contributed by atoms with Gasteiger partial charge in [0.15, 0.2) is 5.52 Å². The Bertz CT molecular complexity index is 1090. The summed E-state index contributed by atoms with van der Waals surface area (Å²) in [4.78, 5) is 15.2. The number of H-pyrrole nitrogens is 2. The number of hydrogen-bond acceptors (Lipinski definition) is 6. The van der Waals surface area contributed by atoms with Gasteiger partial charge < -0.3 is 9.72 Å². The molecule has 4 N–H and O–H groups in total. The highest BCUT2D eigenvalue weighted by molar-refractivity contribution is 7.89. The second-order valence-corrected chi connectivity index (χ2v) is 9.25. The fourth-order valence-electron chi connectivity index (χ4n) is 3.69. The summed E-state index contributed by atoms with van der Waals surface area (Å²) in [6.07, 6.45) is 7.82. The Labute approximate surface area is 175 Å². The maximum absolute atomic E-state index is 12.1. The molecule has 160 valence electrons. The predicted octanol–water partition coefficient (Wildman–Crippen LogP) is 2.77. The van der Waals surface area contributed by atoms with E-state index in [-0.39, 0.29) is 4.90 Å². The third-order valence-electron chi connectivity index (χ3n) is 5.25. The zero-order valence-electron chi connectivity index (χ0n) is 16.9. The highest BCUT2D eigenvalue weighted by atomic mass is 32.2. The zero-order chi connectivity index (χ0) is 21.0. The van der Waals surface area contributed by atoms with Crippen LogP contribution in [-0.4, -0.2) is 36.5 Å². The van der Waals surface area contributed by atoms with Crippen LogP contribution >= 0.6 is 0 Å². The molecule has 0 amide bonds. The van der Waals surface area contributed by atoms with Crippen LogP contribution < -0.4 is 19.8 Å². The normalized spacial score (nSPS) is 15.4. The van der Waals surface area contributed by atoms with Crippen molar-refractivity contribution in [1.82, 2.24) is 19.7 Å². The molecule has 0 atom stereocenters. The molecule has 1 aromatic carbocycles. The Morgan fingerprint density at radius 2 is 1.97 bits per heavy atom. The SMILES string of the molecule is CCNS(=O)(=O)c1ccc(Nc2nc3nc[nH]c3c(OCC3CCCCC3)[nH+]2)cc1. The second-order valence-electron chi connectivity index (χ2n) is 7.48. The highest BCUT2D eigenvalue weighted by Gasteiger charge is 2.20. The molecule has 4 rings (SSSR count). The molecule has 0 saturated heterocycles. The number of anilines is 2. The number of aromatic amines is 2. The molecule has 3 aromatic rings. The first-order valence-electron chi connectivity index (χ1n) is 10.3. The predicted molar refractivity (Wildman–Crippen MR) is 113 cm³/mol. The number of nitrogens with one attached hydrogen (secondary N) is 4. The van der Waals surface area contributed by atoms with E-state index in [1.54, 1.807) is 37.5 Å². The van der Waals surface area contributed by atoms with E-state index in [4.69, 9.17) is 4.74 Å². The number of nitrogens with zero attached hydrogens (tertiary/aromatic N) is 2. The van der Waals surface area contributed by atoms with Crippen molar-refractivity contribution in [2.24, 2.45) is 5.92 Å². The van der Waals surface area contributed by atoms with E-state index in [1.165, 1.54) is 32.1 Å². The van der Waals surface area contributed by atoms with Crippen molar-refractivity contribution in [2.45, 2.75) is 43.9 Å². The molecule has 0 bridgehead atoms. The van der Waals surface area contributed by atoms with Gasteiger partial charge in [-0.1, -0.05) is 26.2 Å². The average molecular weight is 432 g/mol. The summed E-state index contributed by atoms with van der Waals surface area (Å²) >= 11 is 0. The van der Waals surface area contributed by atoms with Crippen LogP contribution in [0.3, 0.4) is 0 Å². The Kier molecular flexibility index (Phi) is 6.14. The first kappa shape index (κ1) is 20.5. The molecule has 2 heterocycles. The number of imidazole rings is 1. The standard InChI is InChI=1S/C20H26N6O3S/c1-2-23-30(27,28)16-10-8-15(9-11-16)24-20-25-18-17(21-13-22-18)19(26-20)29-12-14-6-4-3-5-7-14/h8-11,13-14,23H,2-7,12H2,1H3,(H2,21,22,24,25,26)/p+1. The first-order valence-corrected chi connectivity index (χ1v) is 11.8. The smallest absolute Gasteiger partial charge is 0.399 e. The summed E-state index contributed by atoms with van der Waals surface area (Å²) in [6.45, 7) is 2.74. The zero-order valence-corrected chi connectivity index (χ0v) is 17.8. The van der Waals surface area contributed by atoms with Crippen LogP contribution in [0.15, 0.2) is 35.5 Å². The molecule has 0 aliphatic heterocycles. The maximum atomic E-state index is 12.1. The van der Waals surface area contributed by atoms with Gasteiger partial charge >= 0.3 is 5.95 Å².